The SMILES string of the molecule is COc1oc(CCl)cc(=O)c1O. The van der Waals surface area contributed by atoms with Crippen molar-refractivity contribution < 1.29 is 14.3 Å². The third kappa shape index (κ3) is 1.53. The smallest absolute Gasteiger partial charge is 0.332 e. The van der Waals surface area contributed by atoms with Crippen molar-refractivity contribution in [3.8, 4) is 11.7 Å². The molecule has 4 nitrogen and oxygen atoms in total. The maximum atomic E-state index is 10.9. The monoisotopic (exact) mass is 190 g/mol. The molecule has 1 N–H and O–H groups in total. The largest absolute Gasteiger partial charge is 0.499 e. The predicted octanol–water partition coefficient (Wildman–Crippen LogP) is 1.09. The molecule has 0 atom stereocenters. The van der Waals surface area contributed by atoms with Gasteiger partial charge in [-0.2, -0.15) is 0 Å². The standard InChI is InChI=1S/C7H7ClO4/c1-11-7-6(10)5(9)2-4(3-8)12-7/h2,10H,3H2,1H3. The van der Waals surface area contributed by atoms with Crippen LogP contribution in [0.5, 0.6) is 11.7 Å². The number of methoxy groups -OCH3 is 1. The van der Waals surface area contributed by atoms with Gasteiger partial charge in [-0.15, -0.1) is 11.6 Å². The first kappa shape index (κ1) is 8.93. The van der Waals surface area contributed by atoms with Crippen molar-refractivity contribution >= 4 is 11.6 Å². The molecule has 1 aromatic rings. The fraction of sp³-hybridized carbons (Fsp3) is 0.286. The molecule has 0 unspecified atom stereocenters. The summed E-state index contributed by atoms with van der Waals surface area (Å²) in [5.74, 6) is -0.424. The number of alkyl halides is 1. The summed E-state index contributed by atoms with van der Waals surface area (Å²) in [6.45, 7) is 0. The second-order valence-electron chi connectivity index (χ2n) is 2.05. The lowest BCUT2D eigenvalue weighted by molar-refractivity contribution is 0.261. The summed E-state index contributed by atoms with van der Waals surface area (Å²) in [7, 11) is 1.29. The Hall–Kier alpha value is -1.16. The molecular weight excluding hydrogens is 184 g/mol. The minimum Gasteiger partial charge on any atom is -0.499 e. The van der Waals surface area contributed by atoms with Crippen molar-refractivity contribution in [2.45, 2.75) is 5.88 Å². The van der Waals surface area contributed by atoms with Crippen LogP contribution in [0.3, 0.4) is 0 Å². The molecule has 0 aliphatic rings. The molecule has 0 bridgehead atoms. The topological polar surface area (TPSA) is 59.7 Å². The quantitative estimate of drug-likeness (QED) is 0.710. The zero-order valence-corrected chi connectivity index (χ0v) is 7.09. The second kappa shape index (κ2) is 3.49. The van der Waals surface area contributed by atoms with Crippen molar-refractivity contribution in [1.82, 2.24) is 0 Å². The van der Waals surface area contributed by atoms with Gasteiger partial charge >= 0.3 is 5.95 Å². The van der Waals surface area contributed by atoms with Crippen molar-refractivity contribution in [1.29, 1.82) is 0 Å². The lowest BCUT2D eigenvalue weighted by Gasteiger charge is -2.01. The Morgan fingerprint density at radius 3 is 2.92 bits per heavy atom. The van der Waals surface area contributed by atoms with E-state index in [-0.39, 0.29) is 17.6 Å². The summed E-state index contributed by atoms with van der Waals surface area (Å²) in [6, 6.07) is 1.12. The van der Waals surface area contributed by atoms with E-state index in [1.165, 1.54) is 7.11 Å². The molecular formula is C7H7ClO4. The average molecular weight is 191 g/mol. The Morgan fingerprint density at radius 1 is 1.75 bits per heavy atom. The van der Waals surface area contributed by atoms with Crippen LogP contribution < -0.4 is 10.2 Å². The van der Waals surface area contributed by atoms with Crippen LogP contribution in [0.25, 0.3) is 0 Å². The number of rotatable bonds is 2. The zero-order valence-electron chi connectivity index (χ0n) is 6.33. The van der Waals surface area contributed by atoms with Gasteiger partial charge in [0, 0.05) is 6.07 Å². The highest BCUT2D eigenvalue weighted by Crippen LogP contribution is 2.22. The Labute approximate surface area is 73.3 Å². The minimum atomic E-state index is -0.561. The molecule has 1 aromatic heterocycles. The Kier molecular flexibility index (Phi) is 2.60. The molecule has 0 saturated carbocycles. The number of hydrogen-bond donors (Lipinski definition) is 1. The van der Waals surface area contributed by atoms with Gasteiger partial charge in [0.15, 0.2) is 0 Å². The normalized spacial score (nSPS) is 9.83. The fourth-order valence-corrected chi connectivity index (χ4v) is 0.848. The lowest BCUT2D eigenvalue weighted by atomic mass is 10.4. The molecule has 66 valence electrons. The van der Waals surface area contributed by atoms with Gasteiger partial charge in [0.1, 0.15) is 5.76 Å². The molecule has 0 aliphatic carbocycles. The number of hydrogen-bond acceptors (Lipinski definition) is 4. The van der Waals surface area contributed by atoms with E-state index in [4.69, 9.17) is 21.1 Å². The van der Waals surface area contributed by atoms with Gasteiger partial charge in [-0.05, 0) is 0 Å². The van der Waals surface area contributed by atoms with E-state index in [0.717, 1.165) is 6.07 Å². The van der Waals surface area contributed by atoms with Crippen molar-refractivity contribution in [2.24, 2.45) is 0 Å². The van der Waals surface area contributed by atoms with Crippen LogP contribution in [-0.4, -0.2) is 12.2 Å². The highest BCUT2D eigenvalue weighted by molar-refractivity contribution is 6.16. The molecule has 0 radical (unpaired) electrons. The summed E-state index contributed by atoms with van der Waals surface area (Å²) in [6.07, 6.45) is 0. The predicted molar refractivity (Wildman–Crippen MR) is 42.8 cm³/mol. The van der Waals surface area contributed by atoms with E-state index in [1.807, 2.05) is 0 Å². The molecule has 0 aliphatic heterocycles. The summed E-state index contributed by atoms with van der Waals surface area (Å²) >= 11 is 5.41. The first-order chi connectivity index (χ1) is 5.69. The second-order valence-corrected chi connectivity index (χ2v) is 2.32. The van der Waals surface area contributed by atoms with Crippen LogP contribution in [0.15, 0.2) is 15.3 Å². The van der Waals surface area contributed by atoms with Crippen LogP contribution in [0.2, 0.25) is 0 Å². The van der Waals surface area contributed by atoms with Gasteiger partial charge in [-0.25, -0.2) is 0 Å². The highest BCUT2D eigenvalue weighted by Gasteiger charge is 2.10. The van der Waals surface area contributed by atoms with E-state index >= 15 is 0 Å². The summed E-state index contributed by atoms with van der Waals surface area (Å²) in [4.78, 5) is 10.9. The first-order valence-electron chi connectivity index (χ1n) is 3.15. The van der Waals surface area contributed by atoms with E-state index < -0.39 is 11.2 Å². The zero-order chi connectivity index (χ0) is 9.14. The maximum absolute atomic E-state index is 10.9. The molecule has 1 rings (SSSR count). The molecule has 5 heteroatoms. The number of aromatic hydroxyl groups is 1. The van der Waals surface area contributed by atoms with Gasteiger partial charge in [0.05, 0.1) is 13.0 Å². The third-order valence-electron chi connectivity index (χ3n) is 1.26. The Balaban J connectivity index is 3.29. The van der Waals surface area contributed by atoms with Crippen LogP contribution in [0.4, 0.5) is 0 Å². The summed E-state index contributed by atoms with van der Waals surface area (Å²) in [5.41, 5.74) is -0.561. The van der Waals surface area contributed by atoms with Crippen LogP contribution in [0.1, 0.15) is 5.76 Å². The van der Waals surface area contributed by atoms with Crippen molar-refractivity contribution in [3.63, 3.8) is 0 Å². The third-order valence-corrected chi connectivity index (χ3v) is 1.52. The molecule has 0 amide bonds. The van der Waals surface area contributed by atoms with Crippen LogP contribution in [0, 0.1) is 0 Å². The van der Waals surface area contributed by atoms with Crippen molar-refractivity contribution in [3.05, 3.63) is 22.0 Å². The van der Waals surface area contributed by atoms with Crippen LogP contribution >= 0.6 is 11.6 Å². The summed E-state index contributed by atoms with van der Waals surface area (Å²) in [5, 5.41) is 9.04. The Bertz CT molecular complexity index is 331. The fourth-order valence-electron chi connectivity index (χ4n) is 0.716. The summed E-state index contributed by atoms with van der Waals surface area (Å²) < 4.78 is 9.48. The first-order valence-corrected chi connectivity index (χ1v) is 3.68. The van der Waals surface area contributed by atoms with E-state index in [2.05, 4.69) is 4.74 Å². The van der Waals surface area contributed by atoms with E-state index in [0.29, 0.717) is 0 Å². The minimum absolute atomic E-state index is 0.0614. The van der Waals surface area contributed by atoms with E-state index in [1.54, 1.807) is 0 Å². The van der Waals surface area contributed by atoms with Gasteiger partial charge in [-0.3, -0.25) is 4.79 Å². The Morgan fingerprint density at radius 2 is 2.42 bits per heavy atom. The number of ether oxygens (including phenoxy) is 1. The molecule has 0 fully saturated rings. The number of halogens is 1. The van der Waals surface area contributed by atoms with Gasteiger partial charge in [0.25, 0.3) is 0 Å². The molecule has 0 spiro atoms. The molecule has 0 saturated heterocycles. The lowest BCUT2D eigenvalue weighted by Crippen LogP contribution is -2.02. The molecule has 1 heterocycles. The average Bonchev–Trinajstić information content (AvgIpc) is 2.09. The van der Waals surface area contributed by atoms with Crippen molar-refractivity contribution in [2.75, 3.05) is 7.11 Å². The molecule has 0 aromatic carbocycles. The van der Waals surface area contributed by atoms with Crippen LogP contribution in [-0.2, 0) is 5.88 Å². The van der Waals surface area contributed by atoms with Gasteiger partial charge < -0.3 is 14.3 Å². The van der Waals surface area contributed by atoms with E-state index in [9.17, 15) is 4.79 Å². The maximum Gasteiger partial charge on any atom is 0.332 e. The van der Waals surface area contributed by atoms with Gasteiger partial charge in [0.2, 0.25) is 11.2 Å². The van der Waals surface area contributed by atoms with Gasteiger partial charge in [-0.1, -0.05) is 0 Å². The molecule has 12 heavy (non-hydrogen) atoms. The highest BCUT2D eigenvalue weighted by atomic mass is 35.5.